The molecule has 0 radical (unpaired) electrons. The van der Waals surface area contributed by atoms with Crippen molar-refractivity contribution in [2.24, 2.45) is 0 Å². The summed E-state index contributed by atoms with van der Waals surface area (Å²) in [5.41, 5.74) is 1.69. The maximum atomic E-state index is 13.5. The summed E-state index contributed by atoms with van der Waals surface area (Å²) in [4.78, 5) is 7.25. The molecular formula is C13H16FN3. The first-order chi connectivity index (χ1) is 8.16. The van der Waals surface area contributed by atoms with Crippen molar-refractivity contribution in [1.29, 1.82) is 0 Å². The third-order valence-corrected chi connectivity index (χ3v) is 2.73. The van der Waals surface area contributed by atoms with Gasteiger partial charge < -0.3 is 10.3 Å². The van der Waals surface area contributed by atoms with Crippen LogP contribution in [0.25, 0.3) is 0 Å². The number of aromatic nitrogens is 2. The molecule has 3 nitrogen and oxygen atoms in total. The van der Waals surface area contributed by atoms with Gasteiger partial charge in [-0.25, -0.2) is 9.37 Å². The summed E-state index contributed by atoms with van der Waals surface area (Å²) >= 11 is 0. The van der Waals surface area contributed by atoms with Gasteiger partial charge >= 0.3 is 0 Å². The van der Waals surface area contributed by atoms with Gasteiger partial charge in [0.2, 0.25) is 0 Å². The topological polar surface area (TPSA) is 40.7 Å². The molecule has 90 valence electrons. The lowest BCUT2D eigenvalue weighted by molar-refractivity contribution is 0.525. The smallest absolute Gasteiger partial charge is 0.127 e. The number of nitrogens with one attached hydrogen (secondary N) is 2. The maximum absolute atomic E-state index is 13.5. The quantitative estimate of drug-likeness (QED) is 0.852. The van der Waals surface area contributed by atoms with E-state index < -0.39 is 0 Å². The number of benzene rings is 1. The molecule has 0 unspecified atom stereocenters. The number of hydrogen-bond acceptors (Lipinski definition) is 2. The van der Waals surface area contributed by atoms with Crippen molar-refractivity contribution in [3.63, 3.8) is 0 Å². The maximum Gasteiger partial charge on any atom is 0.127 e. The Morgan fingerprint density at radius 1 is 1.41 bits per heavy atom. The molecule has 2 N–H and O–H groups in total. The first-order valence-corrected chi connectivity index (χ1v) is 5.65. The van der Waals surface area contributed by atoms with E-state index in [-0.39, 0.29) is 11.9 Å². The van der Waals surface area contributed by atoms with Crippen molar-refractivity contribution in [3.05, 3.63) is 53.4 Å². The zero-order valence-corrected chi connectivity index (χ0v) is 10.00. The lowest BCUT2D eigenvalue weighted by Crippen LogP contribution is -2.19. The van der Waals surface area contributed by atoms with E-state index in [2.05, 4.69) is 15.3 Å². The normalized spacial score (nSPS) is 12.6. The molecule has 0 spiro atoms. The van der Waals surface area contributed by atoms with Gasteiger partial charge in [0, 0.05) is 30.0 Å². The number of aryl methyl sites for hydroxylation is 1. The van der Waals surface area contributed by atoms with Gasteiger partial charge in [-0.2, -0.15) is 0 Å². The number of imidazole rings is 1. The average Bonchev–Trinajstić information content (AvgIpc) is 2.73. The van der Waals surface area contributed by atoms with E-state index >= 15 is 0 Å². The zero-order chi connectivity index (χ0) is 12.3. The van der Waals surface area contributed by atoms with Crippen LogP contribution in [0, 0.1) is 12.7 Å². The minimum atomic E-state index is -0.173. The highest BCUT2D eigenvalue weighted by atomic mass is 19.1. The van der Waals surface area contributed by atoms with Gasteiger partial charge in [-0.3, -0.25) is 0 Å². The lowest BCUT2D eigenvalue weighted by Gasteiger charge is -2.14. The average molecular weight is 233 g/mol. The van der Waals surface area contributed by atoms with E-state index in [0.29, 0.717) is 12.1 Å². The largest absolute Gasteiger partial charge is 0.345 e. The van der Waals surface area contributed by atoms with Crippen LogP contribution in [0.3, 0.4) is 0 Å². The van der Waals surface area contributed by atoms with Gasteiger partial charge in [0.15, 0.2) is 0 Å². The number of halogens is 1. The Bertz CT molecular complexity index is 493. The van der Waals surface area contributed by atoms with Crippen LogP contribution in [0.4, 0.5) is 4.39 Å². The number of H-pyrrole nitrogens is 1. The molecule has 0 aliphatic carbocycles. The molecule has 0 fully saturated rings. The molecule has 1 atom stereocenters. The Hall–Kier alpha value is -1.68. The van der Waals surface area contributed by atoms with Crippen molar-refractivity contribution in [2.75, 3.05) is 0 Å². The molecule has 2 aromatic rings. The minimum absolute atomic E-state index is 0.0280. The van der Waals surface area contributed by atoms with E-state index in [1.807, 2.05) is 19.9 Å². The molecular weight excluding hydrogens is 217 g/mol. The van der Waals surface area contributed by atoms with E-state index in [9.17, 15) is 4.39 Å². The summed E-state index contributed by atoms with van der Waals surface area (Å²) in [5, 5.41) is 3.26. The van der Waals surface area contributed by atoms with Crippen LogP contribution in [-0.4, -0.2) is 9.97 Å². The molecule has 1 heterocycles. The van der Waals surface area contributed by atoms with Crippen LogP contribution < -0.4 is 5.32 Å². The molecule has 1 aromatic heterocycles. The Morgan fingerprint density at radius 2 is 2.18 bits per heavy atom. The number of aromatic amines is 1. The summed E-state index contributed by atoms with van der Waals surface area (Å²) in [7, 11) is 0. The van der Waals surface area contributed by atoms with Crippen LogP contribution in [0.2, 0.25) is 0 Å². The number of nitrogens with zero attached hydrogens (tertiary/aromatic N) is 1. The first-order valence-electron chi connectivity index (χ1n) is 5.65. The van der Waals surface area contributed by atoms with E-state index in [1.54, 1.807) is 18.3 Å². The number of rotatable bonds is 4. The highest BCUT2D eigenvalue weighted by Gasteiger charge is 2.09. The Morgan fingerprint density at radius 3 is 2.82 bits per heavy atom. The second-order valence-corrected chi connectivity index (χ2v) is 4.12. The van der Waals surface area contributed by atoms with Gasteiger partial charge in [0.05, 0.1) is 0 Å². The second kappa shape index (κ2) is 5.10. The van der Waals surface area contributed by atoms with Crippen molar-refractivity contribution in [3.8, 4) is 0 Å². The summed E-state index contributed by atoms with van der Waals surface area (Å²) in [5.74, 6) is 0.716. The fourth-order valence-electron chi connectivity index (χ4n) is 1.76. The fourth-order valence-corrected chi connectivity index (χ4v) is 1.76. The summed E-state index contributed by atoms with van der Waals surface area (Å²) < 4.78 is 13.5. The molecule has 0 aliphatic heterocycles. The molecule has 4 heteroatoms. The Labute approximate surface area is 100 Å². The van der Waals surface area contributed by atoms with Crippen LogP contribution in [0.5, 0.6) is 0 Å². The van der Waals surface area contributed by atoms with Crippen LogP contribution in [-0.2, 0) is 6.54 Å². The number of hydrogen-bond donors (Lipinski definition) is 2. The zero-order valence-electron chi connectivity index (χ0n) is 10.00. The van der Waals surface area contributed by atoms with Crippen molar-refractivity contribution < 1.29 is 4.39 Å². The van der Waals surface area contributed by atoms with Gasteiger partial charge in [-0.15, -0.1) is 0 Å². The summed E-state index contributed by atoms with van der Waals surface area (Å²) in [6.45, 7) is 4.50. The van der Waals surface area contributed by atoms with Gasteiger partial charge in [-0.1, -0.05) is 18.2 Å². The van der Waals surface area contributed by atoms with Crippen molar-refractivity contribution in [1.82, 2.24) is 15.3 Å². The van der Waals surface area contributed by atoms with E-state index in [0.717, 1.165) is 11.5 Å². The predicted octanol–water partition coefficient (Wildman–Crippen LogP) is 2.71. The van der Waals surface area contributed by atoms with Crippen molar-refractivity contribution >= 4 is 0 Å². The van der Waals surface area contributed by atoms with Crippen molar-refractivity contribution in [2.45, 2.75) is 26.4 Å². The van der Waals surface area contributed by atoms with Crippen LogP contribution >= 0.6 is 0 Å². The highest BCUT2D eigenvalue weighted by molar-refractivity contribution is 5.20. The molecule has 0 aliphatic rings. The van der Waals surface area contributed by atoms with Crippen LogP contribution in [0.15, 0.2) is 30.5 Å². The van der Waals surface area contributed by atoms with Gasteiger partial charge in [-0.05, 0) is 19.9 Å². The van der Waals surface area contributed by atoms with Gasteiger partial charge in [0.25, 0.3) is 0 Å². The lowest BCUT2D eigenvalue weighted by atomic mass is 10.1. The Balaban J connectivity index is 1.98. The molecule has 17 heavy (non-hydrogen) atoms. The van der Waals surface area contributed by atoms with E-state index in [4.69, 9.17) is 0 Å². The molecule has 1 aromatic carbocycles. The highest BCUT2D eigenvalue weighted by Crippen LogP contribution is 2.16. The minimum Gasteiger partial charge on any atom is -0.345 e. The predicted molar refractivity (Wildman–Crippen MR) is 65.0 cm³/mol. The van der Waals surface area contributed by atoms with Crippen LogP contribution in [0.1, 0.15) is 30.0 Å². The third-order valence-electron chi connectivity index (χ3n) is 2.73. The monoisotopic (exact) mass is 233 g/mol. The SMILES string of the molecule is Cc1ncc(CN[C@H](C)c2ccccc2F)[nH]1. The summed E-state index contributed by atoms with van der Waals surface area (Å²) in [6.07, 6.45) is 1.79. The van der Waals surface area contributed by atoms with E-state index in [1.165, 1.54) is 6.07 Å². The summed E-state index contributed by atoms with van der Waals surface area (Å²) in [6, 6.07) is 6.79. The molecule has 0 saturated carbocycles. The first kappa shape index (κ1) is 11.8. The standard InChI is InChI=1S/C13H16FN3/c1-9(12-5-3-4-6-13(12)14)15-7-11-8-16-10(2)17-11/h3-6,8-9,15H,7H2,1-2H3,(H,16,17)/t9-/m1/s1. The Kier molecular flexibility index (Phi) is 3.54. The fraction of sp³-hybridized carbons (Fsp3) is 0.308. The molecule has 0 amide bonds. The second-order valence-electron chi connectivity index (χ2n) is 4.12. The molecule has 0 bridgehead atoms. The third kappa shape index (κ3) is 2.91. The molecule has 0 saturated heterocycles. The van der Waals surface area contributed by atoms with Gasteiger partial charge in [0.1, 0.15) is 11.6 Å². The molecule has 2 rings (SSSR count).